The maximum absolute atomic E-state index is 13.7. The molecule has 7 atom stereocenters. The molecule has 5 saturated carbocycles. The number of ether oxygens (including phenoxy) is 1. The van der Waals surface area contributed by atoms with E-state index >= 15 is 0 Å². The predicted molar refractivity (Wildman–Crippen MR) is 133 cm³/mol. The molecule has 1 aliphatic heterocycles. The molecule has 6 fully saturated rings. The molecule has 6 rings (SSSR count). The zero-order chi connectivity index (χ0) is 25.8. The molecule has 0 aromatic carbocycles. The van der Waals surface area contributed by atoms with Gasteiger partial charge in [-0.1, -0.05) is 0 Å². The van der Waals surface area contributed by atoms with E-state index in [0.717, 1.165) is 44.9 Å². The lowest BCUT2D eigenvalue weighted by molar-refractivity contribution is -0.209. The van der Waals surface area contributed by atoms with Crippen molar-refractivity contribution in [1.82, 2.24) is 15.1 Å². The Morgan fingerprint density at radius 1 is 1.22 bits per heavy atom. The molecule has 1 saturated heterocycles. The van der Waals surface area contributed by atoms with Gasteiger partial charge in [0.2, 0.25) is 5.91 Å². The fourth-order valence-electron chi connectivity index (χ4n) is 8.43. The second-order valence-electron chi connectivity index (χ2n) is 12.6. The normalized spacial score (nSPS) is 39.3. The first kappa shape index (κ1) is 25.3. The van der Waals surface area contributed by atoms with Gasteiger partial charge in [-0.15, -0.1) is 0 Å². The second-order valence-corrected chi connectivity index (χ2v) is 12.6. The number of hydrogen-bond donors (Lipinski definition) is 4. The van der Waals surface area contributed by atoms with Crippen LogP contribution in [0.5, 0.6) is 0 Å². The van der Waals surface area contributed by atoms with Crippen molar-refractivity contribution in [1.29, 1.82) is 10.7 Å². The van der Waals surface area contributed by atoms with Gasteiger partial charge in [-0.05, 0) is 101 Å². The largest absolute Gasteiger partial charge is 0.458 e. The summed E-state index contributed by atoms with van der Waals surface area (Å²) in [6, 6.07) is 1.12. The van der Waals surface area contributed by atoms with Crippen LogP contribution in [0.3, 0.4) is 0 Å². The zero-order valence-electron chi connectivity index (χ0n) is 21.5. The van der Waals surface area contributed by atoms with Crippen LogP contribution in [0.2, 0.25) is 0 Å². The fourth-order valence-corrected chi connectivity index (χ4v) is 8.43. The van der Waals surface area contributed by atoms with Crippen LogP contribution in [0.15, 0.2) is 0 Å². The fraction of sp³-hybridized carbons (Fsp3) is 0.846. The summed E-state index contributed by atoms with van der Waals surface area (Å²) < 4.78 is 6.40. The van der Waals surface area contributed by atoms with Gasteiger partial charge in [-0.25, -0.2) is 0 Å². The molecule has 0 aromatic rings. The molecule has 5 aliphatic carbocycles. The van der Waals surface area contributed by atoms with E-state index in [0.29, 0.717) is 43.6 Å². The standard InChI is InChI=1S/C26H41N7O3/c1-32(2)19(4-3-5-31-24(29)30)23(35)36-26-11-15-6-16(12-26)10-25(9-15,14-26)21(28)22(34)33-18(13-27)7-17-8-20(17)33/h15-21H,3-12,14,28H2,1-2H3,(H4,29,30,31)/t15?,16?,17-,18+,19+,20+,21-,25?,26?/m1/s1. The first-order valence-electron chi connectivity index (χ1n) is 13.5. The number of nitriles is 1. The van der Waals surface area contributed by atoms with Crippen molar-refractivity contribution in [3.05, 3.63) is 0 Å². The quantitative estimate of drug-likeness (QED) is 0.157. The molecular formula is C26H41N7O3. The van der Waals surface area contributed by atoms with Crippen molar-refractivity contribution in [2.45, 2.75) is 94.0 Å². The van der Waals surface area contributed by atoms with Gasteiger partial charge in [0.05, 0.1) is 12.1 Å². The zero-order valence-corrected chi connectivity index (χ0v) is 21.5. The van der Waals surface area contributed by atoms with Crippen molar-refractivity contribution in [2.75, 3.05) is 20.6 Å². The van der Waals surface area contributed by atoms with E-state index in [2.05, 4.69) is 11.4 Å². The van der Waals surface area contributed by atoms with E-state index in [1.807, 2.05) is 19.0 Å². The lowest BCUT2D eigenvalue weighted by Crippen LogP contribution is -2.66. The maximum Gasteiger partial charge on any atom is 0.323 e. The van der Waals surface area contributed by atoms with E-state index in [-0.39, 0.29) is 41.4 Å². The van der Waals surface area contributed by atoms with Gasteiger partial charge >= 0.3 is 5.97 Å². The van der Waals surface area contributed by atoms with Gasteiger partial charge in [-0.2, -0.15) is 5.26 Å². The number of amides is 1. The van der Waals surface area contributed by atoms with Gasteiger partial charge in [0.25, 0.3) is 0 Å². The minimum absolute atomic E-state index is 0.0703. The number of carbonyl (C=O) groups is 2. The Balaban J connectivity index is 1.30. The molecule has 4 bridgehead atoms. The van der Waals surface area contributed by atoms with E-state index in [1.165, 1.54) is 0 Å². The molecule has 10 nitrogen and oxygen atoms in total. The number of piperidine rings is 1. The monoisotopic (exact) mass is 499 g/mol. The van der Waals surface area contributed by atoms with Gasteiger partial charge in [0.15, 0.2) is 5.96 Å². The number of likely N-dealkylation sites (N-methyl/N-ethyl adjacent to an activating group) is 1. The van der Waals surface area contributed by atoms with Gasteiger partial charge in [0, 0.05) is 12.6 Å². The first-order chi connectivity index (χ1) is 17.1. The number of fused-ring (bicyclic) bond motifs is 1. The van der Waals surface area contributed by atoms with E-state index in [1.54, 1.807) is 4.90 Å². The van der Waals surface area contributed by atoms with Crippen LogP contribution in [-0.2, 0) is 14.3 Å². The summed E-state index contributed by atoms with van der Waals surface area (Å²) in [4.78, 5) is 30.8. The Kier molecular flexibility index (Phi) is 6.44. The van der Waals surface area contributed by atoms with Crippen LogP contribution in [-0.4, -0.2) is 78.0 Å². The summed E-state index contributed by atoms with van der Waals surface area (Å²) >= 11 is 0. The van der Waals surface area contributed by atoms with Crippen molar-refractivity contribution >= 4 is 17.8 Å². The number of carbonyl (C=O) groups excluding carboxylic acids is 2. The topological polar surface area (TPSA) is 162 Å². The number of guanidine groups is 1. The van der Waals surface area contributed by atoms with Crippen LogP contribution in [0, 0.1) is 39.9 Å². The molecule has 10 heteroatoms. The van der Waals surface area contributed by atoms with Crippen LogP contribution < -0.4 is 16.8 Å². The molecule has 1 amide bonds. The minimum atomic E-state index is -0.654. The van der Waals surface area contributed by atoms with Crippen molar-refractivity contribution in [3.63, 3.8) is 0 Å². The second kappa shape index (κ2) is 9.18. The summed E-state index contributed by atoms with van der Waals surface area (Å²) in [6.07, 6.45) is 8.31. The Morgan fingerprint density at radius 3 is 2.53 bits per heavy atom. The summed E-state index contributed by atoms with van der Waals surface area (Å²) in [5.41, 5.74) is 11.2. The number of nitrogens with zero attached hydrogens (tertiary/aromatic N) is 3. The molecule has 198 valence electrons. The third kappa shape index (κ3) is 4.45. The molecule has 0 radical (unpaired) electrons. The van der Waals surface area contributed by atoms with Crippen molar-refractivity contribution < 1.29 is 14.3 Å². The van der Waals surface area contributed by atoms with Crippen LogP contribution in [0.1, 0.15) is 64.2 Å². The SMILES string of the molecule is CN(C)[C@@H](CCCNC(=N)N)C(=O)OC12CC3CC(C1)CC([C@H](N)C(=O)N1[C@H](C#N)C[C@@H]4C[C@@H]41)(C3)C2. The third-order valence-corrected chi connectivity index (χ3v) is 9.67. The number of hydrogen-bond acceptors (Lipinski definition) is 7. The highest BCUT2D eigenvalue weighted by atomic mass is 16.6. The molecular weight excluding hydrogens is 458 g/mol. The third-order valence-electron chi connectivity index (χ3n) is 9.67. The Hall–Kier alpha value is -2.38. The van der Waals surface area contributed by atoms with Crippen molar-refractivity contribution in [2.24, 2.45) is 34.6 Å². The first-order valence-corrected chi connectivity index (χ1v) is 13.5. The molecule has 0 aromatic heterocycles. The van der Waals surface area contributed by atoms with Crippen LogP contribution >= 0.6 is 0 Å². The Bertz CT molecular complexity index is 948. The van der Waals surface area contributed by atoms with Gasteiger partial charge in [0.1, 0.15) is 17.7 Å². The van der Waals surface area contributed by atoms with Gasteiger partial charge in [-0.3, -0.25) is 19.9 Å². The number of esters is 1. The maximum atomic E-state index is 13.7. The van der Waals surface area contributed by atoms with Crippen molar-refractivity contribution in [3.8, 4) is 6.07 Å². The average molecular weight is 500 g/mol. The van der Waals surface area contributed by atoms with E-state index in [4.69, 9.17) is 21.6 Å². The van der Waals surface area contributed by atoms with Crippen LogP contribution in [0.4, 0.5) is 0 Å². The minimum Gasteiger partial charge on any atom is -0.458 e. The lowest BCUT2D eigenvalue weighted by Gasteiger charge is -2.62. The number of nitrogens with one attached hydrogen (secondary N) is 2. The molecule has 0 spiro atoms. The molecule has 6 N–H and O–H groups in total. The van der Waals surface area contributed by atoms with Crippen LogP contribution in [0.25, 0.3) is 0 Å². The van der Waals surface area contributed by atoms with E-state index < -0.39 is 11.6 Å². The summed E-state index contributed by atoms with van der Waals surface area (Å²) in [5, 5.41) is 19.7. The Labute approximate surface area is 213 Å². The molecule has 6 aliphatic rings. The van der Waals surface area contributed by atoms with E-state index in [9.17, 15) is 14.9 Å². The Morgan fingerprint density at radius 2 is 1.92 bits per heavy atom. The number of likely N-dealkylation sites (tertiary alicyclic amines) is 1. The molecule has 2 unspecified atom stereocenters. The smallest absolute Gasteiger partial charge is 0.323 e. The number of nitrogens with two attached hydrogens (primary N) is 2. The average Bonchev–Trinajstić information content (AvgIpc) is 3.45. The predicted octanol–water partition coefficient (Wildman–Crippen LogP) is 0.902. The summed E-state index contributed by atoms with van der Waals surface area (Å²) in [6.45, 7) is 0.532. The number of rotatable bonds is 9. The molecule has 1 heterocycles. The lowest BCUT2D eigenvalue weighted by atomic mass is 9.46. The summed E-state index contributed by atoms with van der Waals surface area (Å²) in [5.74, 6) is 0.923. The van der Waals surface area contributed by atoms with Gasteiger partial charge < -0.3 is 26.4 Å². The highest BCUT2D eigenvalue weighted by Crippen LogP contribution is 2.64. The highest BCUT2D eigenvalue weighted by Gasteiger charge is 2.64. The summed E-state index contributed by atoms with van der Waals surface area (Å²) in [7, 11) is 3.76. The molecule has 36 heavy (non-hydrogen) atoms. The highest BCUT2D eigenvalue weighted by molar-refractivity contribution is 5.84.